The summed E-state index contributed by atoms with van der Waals surface area (Å²) in [6, 6.07) is 0. The zero-order chi connectivity index (χ0) is 10.7. The molecule has 76 valence electrons. The summed E-state index contributed by atoms with van der Waals surface area (Å²) in [5, 5.41) is 0. The van der Waals surface area contributed by atoms with Crippen molar-refractivity contribution in [3.05, 3.63) is 0 Å². The number of aliphatic imine (C=N–C) groups is 1. The molecule has 1 unspecified atom stereocenters. The Bertz CT molecular complexity index is 298. The minimum absolute atomic E-state index is 0.0632. The van der Waals surface area contributed by atoms with Crippen LogP contribution in [0.1, 0.15) is 19.8 Å². The lowest BCUT2D eigenvalue weighted by molar-refractivity contribution is -0.139. The highest BCUT2D eigenvalue weighted by atomic mass is 16.2. The average molecular weight is 196 g/mol. The van der Waals surface area contributed by atoms with E-state index in [0.717, 1.165) is 4.90 Å². The molecule has 5 heteroatoms. The van der Waals surface area contributed by atoms with E-state index in [2.05, 4.69) is 11.7 Å². The number of carbonyl (C=O) groups excluding carboxylic acids is 3. The van der Waals surface area contributed by atoms with Gasteiger partial charge in [-0.1, -0.05) is 6.92 Å². The van der Waals surface area contributed by atoms with E-state index >= 15 is 0 Å². The summed E-state index contributed by atoms with van der Waals surface area (Å²) in [4.78, 5) is 37.7. The van der Waals surface area contributed by atoms with Crippen molar-refractivity contribution in [1.82, 2.24) is 4.90 Å². The highest BCUT2D eigenvalue weighted by molar-refractivity contribution is 6.03. The molecule has 0 aromatic rings. The van der Waals surface area contributed by atoms with Crippen molar-refractivity contribution in [2.75, 3.05) is 6.54 Å². The second kappa shape index (κ2) is 4.13. The first-order valence-electron chi connectivity index (χ1n) is 4.40. The van der Waals surface area contributed by atoms with Gasteiger partial charge in [0.25, 0.3) is 0 Å². The molecule has 1 fully saturated rings. The molecule has 0 aliphatic carbocycles. The Morgan fingerprint density at radius 3 is 2.71 bits per heavy atom. The maximum absolute atomic E-state index is 11.4. The third-order valence-corrected chi connectivity index (χ3v) is 2.20. The second-order valence-electron chi connectivity index (χ2n) is 3.29. The Morgan fingerprint density at radius 1 is 1.64 bits per heavy atom. The first kappa shape index (κ1) is 10.6. The van der Waals surface area contributed by atoms with E-state index in [1.54, 1.807) is 6.92 Å². The Kier molecular flexibility index (Phi) is 3.11. The monoisotopic (exact) mass is 196 g/mol. The molecule has 14 heavy (non-hydrogen) atoms. The van der Waals surface area contributed by atoms with Gasteiger partial charge < -0.3 is 0 Å². The first-order valence-corrected chi connectivity index (χ1v) is 4.40. The predicted octanol–water partition coefficient (Wildman–Crippen LogP) is -0.00130. The van der Waals surface area contributed by atoms with Crippen molar-refractivity contribution in [1.29, 1.82) is 0 Å². The molecule has 1 aliphatic heterocycles. The third-order valence-electron chi connectivity index (χ3n) is 2.20. The largest absolute Gasteiger partial charge is 0.282 e. The quantitative estimate of drug-likeness (QED) is 0.471. The summed E-state index contributed by atoms with van der Waals surface area (Å²) in [5.74, 6) is -1.06. The molecule has 1 rings (SSSR count). The summed E-state index contributed by atoms with van der Waals surface area (Å²) < 4.78 is 0. The van der Waals surface area contributed by atoms with Crippen LogP contribution in [-0.4, -0.2) is 35.9 Å². The van der Waals surface area contributed by atoms with Gasteiger partial charge in [0.05, 0.1) is 0 Å². The van der Waals surface area contributed by atoms with Gasteiger partial charge in [-0.2, -0.15) is 0 Å². The highest BCUT2D eigenvalue weighted by Gasteiger charge is 2.35. The number of likely N-dealkylation sites (tertiary alicyclic amines) is 1. The molecule has 0 saturated carbocycles. The predicted molar refractivity (Wildman–Crippen MR) is 49.7 cm³/mol. The van der Waals surface area contributed by atoms with Gasteiger partial charge in [-0.3, -0.25) is 19.3 Å². The molecular formula is C9H12N2O3. The van der Waals surface area contributed by atoms with Crippen LogP contribution in [0, 0.1) is 5.92 Å². The molecular weight excluding hydrogens is 184 g/mol. The maximum atomic E-state index is 11.4. The molecule has 0 spiro atoms. The Morgan fingerprint density at radius 2 is 2.29 bits per heavy atom. The van der Waals surface area contributed by atoms with Crippen molar-refractivity contribution in [3.63, 3.8) is 0 Å². The van der Waals surface area contributed by atoms with Crippen LogP contribution >= 0.6 is 0 Å². The zero-order valence-electron chi connectivity index (χ0n) is 8.02. The van der Waals surface area contributed by atoms with E-state index in [9.17, 15) is 14.4 Å². The second-order valence-corrected chi connectivity index (χ2v) is 3.29. The highest BCUT2D eigenvalue weighted by Crippen LogP contribution is 2.18. The van der Waals surface area contributed by atoms with Gasteiger partial charge in [-0.25, -0.2) is 4.99 Å². The molecule has 0 N–H and O–H groups in total. The van der Waals surface area contributed by atoms with Gasteiger partial charge in [0.2, 0.25) is 17.7 Å². The lowest BCUT2D eigenvalue weighted by atomic mass is 10.1. The van der Waals surface area contributed by atoms with Crippen molar-refractivity contribution in [3.8, 4) is 0 Å². The van der Waals surface area contributed by atoms with Crippen LogP contribution in [0.25, 0.3) is 0 Å². The maximum Gasteiger partial charge on any atom is 0.246 e. The molecule has 1 atom stereocenters. The summed E-state index contributed by atoms with van der Waals surface area (Å²) in [6.07, 6.45) is 0.308. The molecule has 0 radical (unpaired) electrons. The van der Waals surface area contributed by atoms with Gasteiger partial charge in [-0.05, 0) is 6.72 Å². The van der Waals surface area contributed by atoms with Gasteiger partial charge in [-0.15, -0.1) is 0 Å². The SMILES string of the molecule is C=NC(=O)CCN1C(=O)CC(C)C1=O. The smallest absolute Gasteiger partial charge is 0.246 e. The lowest BCUT2D eigenvalue weighted by Crippen LogP contribution is -2.32. The number of hydrogen-bond acceptors (Lipinski definition) is 3. The van der Waals surface area contributed by atoms with Gasteiger partial charge in [0.15, 0.2) is 0 Å². The Balaban J connectivity index is 2.52. The van der Waals surface area contributed by atoms with Crippen molar-refractivity contribution < 1.29 is 14.4 Å². The Hall–Kier alpha value is -1.52. The van der Waals surface area contributed by atoms with Crippen LogP contribution in [-0.2, 0) is 14.4 Å². The number of nitrogens with zero attached hydrogens (tertiary/aromatic N) is 2. The van der Waals surface area contributed by atoms with E-state index in [-0.39, 0.29) is 37.1 Å². The van der Waals surface area contributed by atoms with Crippen LogP contribution < -0.4 is 0 Å². The molecule has 3 amide bonds. The number of carbonyl (C=O) groups is 3. The van der Waals surface area contributed by atoms with Gasteiger partial charge in [0.1, 0.15) is 0 Å². The third kappa shape index (κ3) is 2.04. The van der Waals surface area contributed by atoms with Gasteiger partial charge >= 0.3 is 0 Å². The summed E-state index contributed by atoms with van der Waals surface area (Å²) in [6.45, 7) is 4.90. The van der Waals surface area contributed by atoms with Crippen LogP contribution in [0.15, 0.2) is 4.99 Å². The van der Waals surface area contributed by atoms with Crippen LogP contribution in [0.3, 0.4) is 0 Å². The van der Waals surface area contributed by atoms with Crippen LogP contribution in [0.2, 0.25) is 0 Å². The minimum Gasteiger partial charge on any atom is -0.282 e. The standard InChI is InChI=1S/C9H12N2O3/c1-6-5-8(13)11(9(6)14)4-3-7(12)10-2/h6H,2-5H2,1H3. The molecule has 1 heterocycles. The van der Waals surface area contributed by atoms with Crippen molar-refractivity contribution in [2.45, 2.75) is 19.8 Å². The van der Waals surface area contributed by atoms with E-state index in [4.69, 9.17) is 0 Å². The fourth-order valence-electron chi connectivity index (χ4n) is 1.37. The van der Waals surface area contributed by atoms with E-state index < -0.39 is 5.91 Å². The van der Waals surface area contributed by atoms with E-state index in [1.165, 1.54) is 0 Å². The van der Waals surface area contributed by atoms with Crippen LogP contribution in [0.5, 0.6) is 0 Å². The molecule has 0 bridgehead atoms. The number of rotatable bonds is 3. The number of amides is 3. The normalized spacial score (nSPS) is 21.5. The first-order chi connectivity index (χ1) is 6.56. The van der Waals surface area contributed by atoms with Crippen LogP contribution in [0.4, 0.5) is 0 Å². The summed E-state index contributed by atoms with van der Waals surface area (Å²) >= 11 is 0. The van der Waals surface area contributed by atoms with Crippen molar-refractivity contribution >= 4 is 24.4 Å². The van der Waals surface area contributed by atoms with E-state index in [0.29, 0.717) is 0 Å². The lowest BCUT2D eigenvalue weighted by Gasteiger charge is -2.12. The van der Waals surface area contributed by atoms with Crippen molar-refractivity contribution in [2.24, 2.45) is 10.9 Å². The van der Waals surface area contributed by atoms with E-state index in [1.807, 2.05) is 0 Å². The fourth-order valence-corrected chi connectivity index (χ4v) is 1.37. The summed E-state index contributed by atoms with van der Waals surface area (Å²) in [5.41, 5.74) is 0. The van der Waals surface area contributed by atoms with Gasteiger partial charge in [0, 0.05) is 25.3 Å². The number of hydrogen-bond donors (Lipinski definition) is 0. The molecule has 0 aromatic carbocycles. The molecule has 1 saturated heterocycles. The minimum atomic E-state index is -0.398. The zero-order valence-corrected chi connectivity index (χ0v) is 8.02. The molecule has 1 aliphatic rings. The topological polar surface area (TPSA) is 66.8 Å². The summed E-state index contributed by atoms with van der Waals surface area (Å²) in [7, 11) is 0. The fraction of sp³-hybridized carbons (Fsp3) is 0.556. The Labute approximate surface area is 81.8 Å². The number of imide groups is 1. The average Bonchev–Trinajstić information content (AvgIpc) is 2.39. The molecule has 0 aromatic heterocycles. The molecule has 5 nitrogen and oxygen atoms in total.